The Bertz CT molecular complexity index is 1170. The molecule has 0 bridgehead atoms. The number of rotatable bonds is 5. The number of hydrogen-bond donors (Lipinski definition) is 1. The highest BCUT2D eigenvalue weighted by Crippen LogP contribution is 2.38. The van der Waals surface area contributed by atoms with E-state index < -0.39 is 17.6 Å². The fourth-order valence-corrected chi connectivity index (χ4v) is 4.93. The van der Waals surface area contributed by atoms with E-state index in [4.69, 9.17) is 11.6 Å². The lowest BCUT2D eigenvalue weighted by atomic mass is 10.0. The number of carbonyl (C=O) groups excluding carboxylic acids is 1. The minimum Gasteiger partial charge on any atom is -0.296 e. The van der Waals surface area contributed by atoms with Crippen molar-refractivity contribution in [2.24, 2.45) is 0 Å². The summed E-state index contributed by atoms with van der Waals surface area (Å²) in [5.74, 6) is -0.527. The molecular formula is C22H21ClF3N5OS. The molecule has 0 saturated carbocycles. The summed E-state index contributed by atoms with van der Waals surface area (Å²) in [5.41, 5.74) is 0.613. The highest BCUT2D eigenvalue weighted by atomic mass is 35.5. The first kappa shape index (κ1) is 23.6. The van der Waals surface area contributed by atoms with E-state index in [9.17, 15) is 18.0 Å². The molecule has 0 spiro atoms. The highest BCUT2D eigenvalue weighted by molar-refractivity contribution is 7.16. The van der Waals surface area contributed by atoms with Gasteiger partial charge in [-0.3, -0.25) is 15.0 Å². The average Bonchev–Trinajstić information content (AvgIpc) is 3.33. The van der Waals surface area contributed by atoms with Gasteiger partial charge < -0.3 is 0 Å². The number of halogens is 4. The van der Waals surface area contributed by atoms with Crippen LogP contribution in [0.1, 0.15) is 46.3 Å². The van der Waals surface area contributed by atoms with Gasteiger partial charge in [-0.2, -0.15) is 13.2 Å². The summed E-state index contributed by atoms with van der Waals surface area (Å²) in [4.78, 5) is 27.9. The van der Waals surface area contributed by atoms with E-state index >= 15 is 0 Å². The predicted molar refractivity (Wildman–Crippen MR) is 121 cm³/mol. The molecule has 1 saturated heterocycles. The average molecular weight is 496 g/mol. The van der Waals surface area contributed by atoms with Crippen molar-refractivity contribution in [3.63, 3.8) is 0 Å². The third-order valence-corrected chi connectivity index (χ3v) is 6.64. The maximum atomic E-state index is 13.4. The van der Waals surface area contributed by atoms with Crippen LogP contribution in [0.25, 0.3) is 11.3 Å². The molecule has 0 aliphatic carbocycles. The lowest BCUT2D eigenvalue weighted by molar-refractivity contribution is -0.137. The fourth-order valence-electron chi connectivity index (χ4n) is 3.82. The van der Waals surface area contributed by atoms with E-state index in [0.29, 0.717) is 29.4 Å². The van der Waals surface area contributed by atoms with Gasteiger partial charge in [0.15, 0.2) is 5.13 Å². The third kappa shape index (κ3) is 5.51. The van der Waals surface area contributed by atoms with Gasteiger partial charge in [-0.15, -0.1) is 0 Å². The predicted octanol–water partition coefficient (Wildman–Crippen LogP) is 5.82. The summed E-state index contributed by atoms with van der Waals surface area (Å²) in [6.07, 6.45) is 0.168. The topological polar surface area (TPSA) is 71.0 Å². The molecule has 0 radical (unpaired) electrons. The van der Waals surface area contributed by atoms with Crippen LogP contribution in [0.2, 0.25) is 5.15 Å². The first-order valence-electron chi connectivity index (χ1n) is 10.3. The van der Waals surface area contributed by atoms with Crippen molar-refractivity contribution < 1.29 is 18.0 Å². The Morgan fingerprint density at radius 1 is 1.27 bits per heavy atom. The van der Waals surface area contributed by atoms with Gasteiger partial charge in [-0.25, -0.2) is 15.0 Å². The summed E-state index contributed by atoms with van der Waals surface area (Å²) < 4.78 is 40.3. The maximum absolute atomic E-state index is 13.4. The molecule has 1 fully saturated rings. The molecule has 3 heterocycles. The molecular weight excluding hydrogens is 475 g/mol. The molecule has 1 N–H and O–H groups in total. The summed E-state index contributed by atoms with van der Waals surface area (Å²) in [6.45, 7) is 5.20. The van der Waals surface area contributed by atoms with Crippen LogP contribution in [0.4, 0.5) is 18.3 Å². The molecule has 1 aromatic carbocycles. The Balaban J connectivity index is 1.70. The van der Waals surface area contributed by atoms with Gasteiger partial charge in [0.2, 0.25) is 0 Å². The number of benzene rings is 1. The minimum atomic E-state index is -4.47. The van der Waals surface area contributed by atoms with E-state index in [1.807, 2.05) is 0 Å². The van der Waals surface area contributed by atoms with Gasteiger partial charge in [0.05, 0.1) is 23.7 Å². The largest absolute Gasteiger partial charge is 0.416 e. The van der Waals surface area contributed by atoms with Crippen LogP contribution >= 0.6 is 22.9 Å². The number of aromatic nitrogens is 3. The lowest BCUT2D eigenvalue weighted by Crippen LogP contribution is -2.25. The van der Waals surface area contributed by atoms with Crippen LogP contribution in [0.5, 0.6) is 0 Å². The molecule has 1 unspecified atom stereocenters. The highest BCUT2D eigenvalue weighted by Gasteiger charge is 2.32. The normalized spacial score (nSPS) is 16.8. The molecule has 1 aliphatic rings. The van der Waals surface area contributed by atoms with Gasteiger partial charge in [-0.1, -0.05) is 22.9 Å². The Labute approximate surface area is 197 Å². The molecule has 174 valence electrons. The van der Waals surface area contributed by atoms with Crippen molar-refractivity contribution in [2.45, 2.75) is 45.5 Å². The zero-order valence-corrected chi connectivity index (χ0v) is 19.5. The van der Waals surface area contributed by atoms with Crippen molar-refractivity contribution in [2.75, 3.05) is 11.9 Å². The molecule has 6 nitrogen and oxygen atoms in total. The van der Waals surface area contributed by atoms with Crippen LogP contribution in [0.15, 0.2) is 30.6 Å². The van der Waals surface area contributed by atoms with Crippen molar-refractivity contribution in [3.8, 4) is 11.3 Å². The zero-order chi connectivity index (χ0) is 23.8. The van der Waals surface area contributed by atoms with Crippen LogP contribution < -0.4 is 5.32 Å². The number of thiazole rings is 1. The minimum absolute atomic E-state index is 0.0563. The SMILES string of the molecule is Cc1cc(-c2nc(NC(=O)c3cnc(Cl)cn3)sc2CN2CCCC2C)cc(C(F)(F)F)c1. The zero-order valence-electron chi connectivity index (χ0n) is 17.9. The molecule has 2 aromatic heterocycles. The molecule has 11 heteroatoms. The molecule has 1 amide bonds. The first-order valence-corrected chi connectivity index (χ1v) is 11.5. The Morgan fingerprint density at radius 3 is 2.70 bits per heavy atom. The quantitative estimate of drug-likeness (QED) is 0.483. The summed E-state index contributed by atoms with van der Waals surface area (Å²) >= 11 is 6.97. The first-order chi connectivity index (χ1) is 15.6. The number of anilines is 1. The molecule has 1 atom stereocenters. The molecule has 3 aromatic rings. The Morgan fingerprint density at radius 2 is 2.06 bits per heavy atom. The molecule has 1 aliphatic heterocycles. The number of nitrogens with zero attached hydrogens (tertiary/aromatic N) is 4. The number of carbonyl (C=O) groups is 1. The second kappa shape index (κ2) is 9.36. The van der Waals surface area contributed by atoms with Gasteiger partial charge >= 0.3 is 6.18 Å². The van der Waals surface area contributed by atoms with E-state index in [1.165, 1.54) is 23.7 Å². The second-order valence-electron chi connectivity index (χ2n) is 8.02. The Hall–Kier alpha value is -2.56. The van der Waals surface area contributed by atoms with E-state index in [0.717, 1.165) is 36.4 Å². The second-order valence-corrected chi connectivity index (χ2v) is 9.49. The maximum Gasteiger partial charge on any atom is 0.416 e. The van der Waals surface area contributed by atoms with E-state index in [1.54, 1.807) is 13.0 Å². The smallest absolute Gasteiger partial charge is 0.296 e. The van der Waals surface area contributed by atoms with Crippen molar-refractivity contribution in [3.05, 3.63) is 57.4 Å². The van der Waals surface area contributed by atoms with E-state index in [2.05, 4.69) is 32.1 Å². The van der Waals surface area contributed by atoms with Crippen molar-refractivity contribution in [1.29, 1.82) is 0 Å². The number of aryl methyl sites for hydroxylation is 1. The molecule has 4 rings (SSSR count). The Kier molecular flexibility index (Phi) is 6.69. The fraction of sp³-hybridized carbons (Fsp3) is 0.364. The summed E-state index contributed by atoms with van der Waals surface area (Å²) in [7, 11) is 0. The van der Waals surface area contributed by atoms with Gasteiger partial charge in [0.25, 0.3) is 5.91 Å². The number of amides is 1. The standard InChI is InChI=1S/C22H21ClF3N5OS/c1-12-6-14(8-15(7-12)22(24,25)26)19-17(11-31-5-3-4-13(31)2)33-21(29-19)30-20(32)16-9-28-18(23)10-27-16/h6-10,13H,3-5,11H2,1-2H3,(H,29,30,32). The van der Waals surface area contributed by atoms with Gasteiger partial charge in [0.1, 0.15) is 10.8 Å². The van der Waals surface area contributed by atoms with E-state index in [-0.39, 0.29) is 16.0 Å². The van der Waals surface area contributed by atoms with Crippen LogP contribution in [-0.2, 0) is 12.7 Å². The lowest BCUT2D eigenvalue weighted by Gasteiger charge is -2.20. The summed E-state index contributed by atoms with van der Waals surface area (Å²) in [6, 6.07) is 4.26. The number of nitrogens with one attached hydrogen (secondary N) is 1. The van der Waals surface area contributed by atoms with Crippen molar-refractivity contribution in [1.82, 2.24) is 19.9 Å². The molecule has 33 heavy (non-hydrogen) atoms. The summed E-state index contributed by atoms with van der Waals surface area (Å²) in [5, 5.41) is 3.12. The van der Waals surface area contributed by atoms with Crippen LogP contribution in [-0.4, -0.2) is 38.3 Å². The van der Waals surface area contributed by atoms with Crippen LogP contribution in [0.3, 0.4) is 0 Å². The van der Waals surface area contributed by atoms with Gasteiger partial charge in [0, 0.05) is 23.0 Å². The number of alkyl halides is 3. The van der Waals surface area contributed by atoms with Crippen LogP contribution in [0, 0.1) is 6.92 Å². The third-order valence-electron chi connectivity index (χ3n) is 5.49. The van der Waals surface area contributed by atoms with Crippen molar-refractivity contribution >= 4 is 34.0 Å². The number of likely N-dealkylation sites (tertiary alicyclic amines) is 1. The van der Waals surface area contributed by atoms with Gasteiger partial charge in [-0.05, 0) is 57.0 Å². The monoisotopic (exact) mass is 495 g/mol. The number of hydrogen-bond acceptors (Lipinski definition) is 6.